The van der Waals surface area contributed by atoms with E-state index in [1.807, 2.05) is 6.07 Å². The fourth-order valence-electron chi connectivity index (χ4n) is 4.00. The monoisotopic (exact) mass is 341 g/mol. The Morgan fingerprint density at radius 3 is 2.80 bits per heavy atom. The van der Waals surface area contributed by atoms with Crippen molar-refractivity contribution in [3.63, 3.8) is 0 Å². The van der Waals surface area contributed by atoms with Crippen LogP contribution in [0.15, 0.2) is 12.1 Å². The third kappa shape index (κ3) is 2.68. The first kappa shape index (κ1) is 15.6. The lowest BCUT2D eigenvalue weighted by molar-refractivity contribution is 0.112. The summed E-state index contributed by atoms with van der Waals surface area (Å²) in [5, 5.41) is 19.8. The molecule has 1 heterocycles. The minimum Gasteiger partial charge on any atom is -0.508 e. The first-order valence-corrected chi connectivity index (χ1v) is 7.49. The molecule has 112 valence electrons. The van der Waals surface area contributed by atoms with Gasteiger partial charge in [-0.25, -0.2) is 0 Å². The van der Waals surface area contributed by atoms with Gasteiger partial charge in [0, 0.05) is 18.0 Å². The number of likely N-dealkylation sites (tertiary alicyclic amines) is 1. The topological polar surface area (TPSA) is 43.7 Å². The molecule has 2 N–H and O–H groups in total. The molecule has 0 spiro atoms. The van der Waals surface area contributed by atoms with Crippen LogP contribution >= 0.6 is 17.0 Å². The molecule has 3 rings (SSSR count). The summed E-state index contributed by atoms with van der Waals surface area (Å²) in [4.78, 5) is 2.61. The molecule has 1 saturated heterocycles. The highest BCUT2D eigenvalue weighted by atomic mass is 79.9. The van der Waals surface area contributed by atoms with Crippen molar-refractivity contribution in [3.05, 3.63) is 23.3 Å². The fourth-order valence-corrected chi connectivity index (χ4v) is 4.00. The molecule has 0 unspecified atom stereocenters. The Balaban J connectivity index is 0.00000147. The number of piperidine rings is 1. The van der Waals surface area contributed by atoms with Gasteiger partial charge in [0.25, 0.3) is 0 Å². The number of halogens is 1. The Morgan fingerprint density at radius 2 is 2.05 bits per heavy atom. The summed E-state index contributed by atoms with van der Waals surface area (Å²) in [7, 11) is 0. The van der Waals surface area contributed by atoms with E-state index in [0.29, 0.717) is 12.0 Å². The van der Waals surface area contributed by atoms with Crippen LogP contribution in [-0.2, 0) is 6.42 Å². The van der Waals surface area contributed by atoms with E-state index in [2.05, 4.69) is 11.8 Å². The van der Waals surface area contributed by atoms with Crippen LogP contribution < -0.4 is 0 Å². The Labute approximate surface area is 131 Å². The summed E-state index contributed by atoms with van der Waals surface area (Å²) in [5.74, 6) is 0.965. The Hall–Kier alpha value is -0.740. The molecule has 1 aliphatic heterocycles. The van der Waals surface area contributed by atoms with E-state index in [1.54, 1.807) is 0 Å². The predicted octanol–water partition coefficient (Wildman–Crippen LogP) is 3.58. The van der Waals surface area contributed by atoms with Crippen LogP contribution in [0.25, 0.3) is 0 Å². The molecule has 20 heavy (non-hydrogen) atoms. The number of hydrogen-bond acceptors (Lipinski definition) is 3. The standard InChI is InChI=1S/C16H23NO2.BrH/c1-2-7-17-8-3-4-12-14-9-11(18)10-16(19)13(14)5-6-15(12)17;/h9-10,12,15,18-19H,2-8H2,1H3;1H/t12-,15-;/m1./s1. The third-order valence-electron chi connectivity index (χ3n) is 4.74. The van der Waals surface area contributed by atoms with Gasteiger partial charge in [-0.15, -0.1) is 17.0 Å². The van der Waals surface area contributed by atoms with Crippen molar-refractivity contribution < 1.29 is 10.2 Å². The molecule has 0 aromatic heterocycles. The number of hydrogen-bond donors (Lipinski definition) is 2. The number of rotatable bonds is 2. The summed E-state index contributed by atoms with van der Waals surface area (Å²) in [6, 6.07) is 3.95. The number of fused-ring (bicyclic) bond motifs is 3. The second kappa shape index (κ2) is 6.35. The van der Waals surface area contributed by atoms with Crippen LogP contribution in [0.3, 0.4) is 0 Å². The zero-order valence-electron chi connectivity index (χ0n) is 12.0. The van der Waals surface area contributed by atoms with Gasteiger partial charge in [-0.2, -0.15) is 0 Å². The average Bonchev–Trinajstić information content (AvgIpc) is 2.39. The van der Waals surface area contributed by atoms with Crippen molar-refractivity contribution in [2.45, 2.75) is 51.0 Å². The van der Waals surface area contributed by atoms with Gasteiger partial charge in [-0.1, -0.05) is 6.92 Å². The zero-order chi connectivity index (χ0) is 13.4. The maximum Gasteiger partial charge on any atom is 0.122 e. The number of phenols is 2. The van der Waals surface area contributed by atoms with Gasteiger partial charge >= 0.3 is 0 Å². The summed E-state index contributed by atoms with van der Waals surface area (Å²) in [6.45, 7) is 4.61. The van der Waals surface area contributed by atoms with Gasteiger partial charge < -0.3 is 10.2 Å². The lowest BCUT2D eigenvalue weighted by Crippen LogP contribution is -2.46. The number of benzene rings is 1. The average molecular weight is 342 g/mol. The maximum absolute atomic E-state index is 10.0. The molecule has 0 saturated carbocycles. The Morgan fingerprint density at radius 1 is 1.25 bits per heavy atom. The highest BCUT2D eigenvalue weighted by Gasteiger charge is 2.36. The molecule has 1 aromatic rings. The van der Waals surface area contributed by atoms with E-state index in [1.165, 1.54) is 44.0 Å². The molecular formula is C16H24BrNO2. The van der Waals surface area contributed by atoms with E-state index < -0.39 is 0 Å². The van der Waals surface area contributed by atoms with E-state index in [9.17, 15) is 10.2 Å². The van der Waals surface area contributed by atoms with Gasteiger partial charge in [0.1, 0.15) is 11.5 Å². The molecular weight excluding hydrogens is 318 g/mol. The van der Waals surface area contributed by atoms with Crippen molar-refractivity contribution >= 4 is 17.0 Å². The molecule has 0 bridgehead atoms. The molecule has 2 atom stereocenters. The molecule has 0 amide bonds. The largest absolute Gasteiger partial charge is 0.508 e. The second-order valence-electron chi connectivity index (χ2n) is 5.92. The molecule has 4 heteroatoms. The molecule has 1 aliphatic carbocycles. The van der Waals surface area contributed by atoms with E-state index >= 15 is 0 Å². The smallest absolute Gasteiger partial charge is 0.122 e. The zero-order valence-corrected chi connectivity index (χ0v) is 13.7. The van der Waals surface area contributed by atoms with Crippen LogP contribution in [0.5, 0.6) is 11.5 Å². The number of nitrogens with zero attached hydrogens (tertiary/aromatic N) is 1. The lowest BCUT2D eigenvalue weighted by atomic mass is 9.74. The summed E-state index contributed by atoms with van der Waals surface area (Å²) in [5.41, 5.74) is 2.26. The minimum atomic E-state index is 0. The minimum absolute atomic E-state index is 0. The van der Waals surface area contributed by atoms with Crippen molar-refractivity contribution in [1.82, 2.24) is 4.90 Å². The maximum atomic E-state index is 10.0. The Bertz CT molecular complexity index is 476. The second-order valence-corrected chi connectivity index (χ2v) is 5.92. The highest BCUT2D eigenvalue weighted by molar-refractivity contribution is 8.93. The van der Waals surface area contributed by atoms with Gasteiger partial charge in [0.2, 0.25) is 0 Å². The summed E-state index contributed by atoms with van der Waals surface area (Å²) >= 11 is 0. The Kier molecular flexibility index (Phi) is 4.97. The molecule has 1 fully saturated rings. The van der Waals surface area contributed by atoms with Gasteiger partial charge in [-0.3, -0.25) is 4.90 Å². The summed E-state index contributed by atoms with van der Waals surface area (Å²) < 4.78 is 0. The predicted molar refractivity (Wildman–Crippen MR) is 86.0 cm³/mol. The van der Waals surface area contributed by atoms with Gasteiger partial charge in [0.15, 0.2) is 0 Å². The highest BCUT2D eigenvalue weighted by Crippen LogP contribution is 2.44. The van der Waals surface area contributed by atoms with Gasteiger partial charge in [0.05, 0.1) is 0 Å². The van der Waals surface area contributed by atoms with Crippen molar-refractivity contribution in [2.75, 3.05) is 13.1 Å². The number of phenolic OH excluding ortho intramolecular Hbond substituents is 2. The normalized spacial score (nSPS) is 25.4. The SMILES string of the molecule is Br.CCCN1CCC[C@@H]2c3cc(O)cc(O)c3CC[C@H]21. The molecule has 1 aromatic carbocycles. The van der Waals surface area contributed by atoms with E-state index in [4.69, 9.17) is 0 Å². The van der Waals surface area contributed by atoms with Crippen LogP contribution in [0, 0.1) is 0 Å². The van der Waals surface area contributed by atoms with E-state index in [0.717, 1.165) is 18.4 Å². The van der Waals surface area contributed by atoms with Gasteiger partial charge in [-0.05, 0) is 62.4 Å². The van der Waals surface area contributed by atoms with Crippen LogP contribution in [-0.4, -0.2) is 34.2 Å². The lowest BCUT2D eigenvalue weighted by Gasteiger charge is -2.45. The fraction of sp³-hybridized carbons (Fsp3) is 0.625. The van der Waals surface area contributed by atoms with E-state index in [-0.39, 0.29) is 28.5 Å². The van der Waals surface area contributed by atoms with Crippen molar-refractivity contribution in [3.8, 4) is 11.5 Å². The van der Waals surface area contributed by atoms with Crippen LogP contribution in [0.1, 0.15) is 49.7 Å². The first-order valence-electron chi connectivity index (χ1n) is 7.49. The summed E-state index contributed by atoms with van der Waals surface area (Å²) in [6.07, 6.45) is 5.66. The quantitative estimate of drug-likeness (QED) is 0.863. The first-order chi connectivity index (χ1) is 9.20. The number of aromatic hydroxyl groups is 2. The third-order valence-corrected chi connectivity index (χ3v) is 4.74. The molecule has 2 aliphatic rings. The van der Waals surface area contributed by atoms with Crippen LogP contribution in [0.2, 0.25) is 0 Å². The molecule has 3 nitrogen and oxygen atoms in total. The van der Waals surface area contributed by atoms with Crippen molar-refractivity contribution in [1.29, 1.82) is 0 Å². The van der Waals surface area contributed by atoms with Crippen LogP contribution in [0.4, 0.5) is 0 Å². The molecule has 0 radical (unpaired) electrons. The van der Waals surface area contributed by atoms with Crippen molar-refractivity contribution in [2.24, 2.45) is 0 Å².